The first-order chi connectivity index (χ1) is 12.2. The van der Waals surface area contributed by atoms with E-state index >= 15 is 0 Å². The molecule has 3 rings (SSSR count). The number of urea groups is 1. The van der Waals surface area contributed by atoms with Crippen LogP contribution in [0.4, 0.5) is 28.0 Å². The van der Waals surface area contributed by atoms with Crippen molar-refractivity contribution < 1.29 is 27.1 Å². The Morgan fingerprint density at radius 1 is 1.08 bits per heavy atom. The molecule has 2 aromatic carbocycles. The highest BCUT2D eigenvalue weighted by atomic mass is 35.5. The standard InChI is InChI=1S/C17H13ClF4N2O2/c18-14-9-12(3-6-15(14)19)24-8-7-23(16(24)25)10-11-1-4-13(5-2-11)26-17(20,21)22/h1-6,9H,7-8,10H2. The molecule has 0 saturated carbocycles. The second kappa shape index (κ2) is 7.03. The first-order valence-electron chi connectivity index (χ1n) is 7.59. The molecule has 1 aliphatic heterocycles. The molecule has 26 heavy (non-hydrogen) atoms. The molecular formula is C17H13ClF4N2O2. The van der Waals surface area contributed by atoms with Gasteiger partial charge in [0, 0.05) is 25.3 Å². The van der Waals surface area contributed by atoms with E-state index in [1.54, 1.807) is 0 Å². The van der Waals surface area contributed by atoms with Crippen molar-refractivity contribution in [3.63, 3.8) is 0 Å². The van der Waals surface area contributed by atoms with Crippen LogP contribution in [0, 0.1) is 5.82 Å². The molecule has 4 nitrogen and oxygen atoms in total. The van der Waals surface area contributed by atoms with Crippen LogP contribution in [0.3, 0.4) is 0 Å². The van der Waals surface area contributed by atoms with E-state index in [-0.39, 0.29) is 23.3 Å². The van der Waals surface area contributed by atoms with Gasteiger partial charge >= 0.3 is 12.4 Å². The molecule has 1 saturated heterocycles. The molecule has 0 aliphatic carbocycles. The van der Waals surface area contributed by atoms with Crippen LogP contribution >= 0.6 is 11.6 Å². The Balaban J connectivity index is 1.66. The Bertz CT molecular complexity index is 811. The maximum atomic E-state index is 13.3. The van der Waals surface area contributed by atoms with Gasteiger partial charge in [-0.3, -0.25) is 4.90 Å². The average molecular weight is 389 g/mol. The minimum atomic E-state index is -4.75. The highest BCUT2D eigenvalue weighted by Crippen LogP contribution is 2.27. The van der Waals surface area contributed by atoms with Gasteiger partial charge < -0.3 is 9.64 Å². The largest absolute Gasteiger partial charge is 0.573 e. The Hall–Kier alpha value is -2.48. The Labute approximate surface area is 151 Å². The van der Waals surface area contributed by atoms with Crippen molar-refractivity contribution in [3.8, 4) is 5.75 Å². The van der Waals surface area contributed by atoms with Crippen LogP contribution in [0.2, 0.25) is 5.02 Å². The summed E-state index contributed by atoms with van der Waals surface area (Å²) in [6, 6.07) is 9.06. The topological polar surface area (TPSA) is 32.8 Å². The third-order valence-electron chi connectivity index (χ3n) is 3.84. The monoisotopic (exact) mass is 388 g/mol. The van der Waals surface area contributed by atoms with E-state index in [9.17, 15) is 22.4 Å². The van der Waals surface area contributed by atoms with Crippen molar-refractivity contribution >= 4 is 23.3 Å². The number of hydrogen-bond acceptors (Lipinski definition) is 2. The third kappa shape index (κ3) is 4.19. The zero-order valence-corrected chi connectivity index (χ0v) is 14.0. The molecule has 0 aromatic heterocycles. The number of amides is 2. The van der Waals surface area contributed by atoms with E-state index in [1.807, 2.05) is 0 Å². The fraction of sp³-hybridized carbons (Fsp3) is 0.235. The van der Waals surface area contributed by atoms with E-state index in [2.05, 4.69) is 4.74 Å². The van der Waals surface area contributed by atoms with Crippen LogP contribution < -0.4 is 9.64 Å². The van der Waals surface area contributed by atoms with Crippen molar-refractivity contribution in [1.82, 2.24) is 4.90 Å². The van der Waals surface area contributed by atoms with E-state index in [0.717, 1.165) is 0 Å². The first kappa shape index (κ1) is 18.3. The minimum Gasteiger partial charge on any atom is -0.406 e. The number of ether oxygens (including phenoxy) is 1. The molecule has 138 valence electrons. The number of benzene rings is 2. The van der Waals surface area contributed by atoms with E-state index < -0.39 is 12.2 Å². The highest BCUT2D eigenvalue weighted by Gasteiger charge is 2.32. The molecule has 2 amide bonds. The van der Waals surface area contributed by atoms with Crippen molar-refractivity contribution in [3.05, 3.63) is 58.9 Å². The summed E-state index contributed by atoms with van der Waals surface area (Å²) in [5.74, 6) is -0.892. The van der Waals surface area contributed by atoms with Crippen molar-refractivity contribution in [2.45, 2.75) is 12.9 Å². The summed E-state index contributed by atoms with van der Waals surface area (Å²) in [6.07, 6.45) is -4.75. The van der Waals surface area contributed by atoms with Crippen molar-refractivity contribution in [2.24, 2.45) is 0 Å². The summed E-state index contributed by atoms with van der Waals surface area (Å²) >= 11 is 5.75. The lowest BCUT2D eigenvalue weighted by atomic mass is 10.2. The zero-order chi connectivity index (χ0) is 18.9. The van der Waals surface area contributed by atoms with Gasteiger partial charge in [0.2, 0.25) is 0 Å². The van der Waals surface area contributed by atoms with Gasteiger partial charge in [-0.25, -0.2) is 9.18 Å². The third-order valence-corrected chi connectivity index (χ3v) is 4.13. The predicted octanol–water partition coefficient (Wildman–Crippen LogP) is 4.82. The van der Waals surface area contributed by atoms with Gasteiger partial charge in [0.25, 0.3) is 0 Å². The van der Waals surface area contributed by atoms with Gasteiger partial charge in [-0.15, -0.1) is 13.2 Å². The molecule has 2 aromatic rings. The second-order valence-electron chi connectivity index (χ2n) is 5.65. The molecule has 0 atom stereocenters. The molecule has 1 aliphatic rings. The predicted molar refractivity (Wildman–Crippen MR) is 87.7 cm³/mol. The van der Waals surface area contributed by atoms with Crippen molar-refractivity contribution in [1.29, 1.82) is 0 Å². The zero-order valence-electron chi connectivity index (χ0n) is 13.3. The van der Waals surface area contributed by atoms with E-state index in [0.29, 0.717) is 24.3 Å². The van der Waals surface area contributed by atoms with Crippen LogP contribution in [0.5, 0.6) is 5.75 Å². The van der Waals surface area contributed by atoms with Crippen LogP contribution in [-0.4, -0.2) is 30.4 Å². The van der Waals surface area contributed by atoms with Gasteiger partial charge in [0.05, 0.1) is 5.02 Å². The number of carbonyl (C=O) groups excluding carboxylic acids is 1. The number of halogens is 5. The number of carbonyl (C=O) groups is 1. The number of hydrogen-bond donors (Lipinski definition) is 0. The van der Waals surface area contributed by atoms with Crippen molar-refractivity contribution in [2.75, 3.05) is 18.0 Å². The molecular weight excluding hydrogens is 376 g/mol. The number of rotatable bonds is 4. The molecule has 1 fully saturated rings. The van der Waals surface area contributed by atoms with Gasteiger partial charge in [0.1, 0.15) is 11.6 Å². The molecule has 9 heteroatoms. The molecule has 0 N–H and O–H groups in total. The maximum Gasteiger partial charge on any atom is 0.573 e. The van der Waals surface area contributed by atoms with E-state index in [4.69, 9.17) is 11.6 Å². The number of alkyl halides is 3. The molecule has 0 radical (unpaired) electrons. The summed E-state index contributed by atoms with van der Waals surface area (Å²) in [5, 5.41) is -0.0750. The smallest absolute Gasteiger partial charge is 0.406 e. The fourth-order valence-electron chi connectivity index (χ4n) is 2.64. The van der Waals surface area contributed by atoms with Crippen LogP contribution in [0.25, 0.3) is 0 Å². The average Bonchev–Trinajstić information content (AvgIpc) is 2.91. The Morgan fingerprint density at radius 2 is 1.77 bits per heavy atom. The first-order valence-corrected chi connectivity index (χ1v) is 7.97. The minimum absolute atomic E-state index is 0.0750. The molecule has 0 spiro atoms. The lowest BCUT2D eigenvalue weighted by Crippen LogP contribution is -2.31. The summed E-state index contributed by atoms with van der Waals surface area (Å²) < 4.78 is 53.6. The lowest BCUT2D eigenvalue weighted by molar-refractivity contribution is -0.274. The Kier molecular flexibility index (Phi) is 4.95. The quantitative estimate of drug-likeness (QED) is 0.703. The normalized spacial score (nSPS) is 14.9. The summed E-state index contributed by atoms with van der Waals surface area (Å²) in [7, 11) is 0. The second-order valence-corrected chi connectivity index (χ2v) is 6.05. The fourth-order valence-corrected chi connectivity index (χ4v) is 2.81. The summed E-state index contributed by atoms with van der Waals surface area (Å²) in [5.41, 5.74) is 1.14. The molecule has 0 unspecified atom stereocenters. The SMILES string of the molecule is O=C1N(Cc2ccc(OC(F)(F)F)cc2)CCN1c1ccc(F)c(Cl)c1. The van der Waals surface area contributed by atoms with E-state index in [1.165, 1.54) is 52.3 Å². The molecule has 0 bridgehead atoms. The highest BCUT2D eigenvalue weighted by molar-refractivity contribution is 6.31. The lowest BCUT2D eigenvalue weighted by Gasteiger charge is -2.19. The van der Waals surface area contributed by atoms with Crippen LogP contribution in [0.1, 0.15) is 5.56 Å². The summed E-state index contributed by atoms with van der Waals surface area (Å²) in [6.45, 7) is 1.06. The van der Waals surface area contributed by atoms with Crippen LogP contribution in [-0.2, 0) is 6.54 Å². The van der Waals surface area contributed by atoms with Gasteiger partial charge in [-0.2, -0.15) is 0 Å². The maximum absolute atomic E-state index is 13.3. The van der Waals surface area contributed by atoms with Crippen LogP contribution in [0.15, 0.2) is 42.5 Å². The Morgan fingerprint density at radius 3 is 2.38 bits per heavy atom. The number of nitrogens with zero attached hydrogens (tertiary/aromatic N) is 2. The molecule has 1 heterocycles. The van der Waals surface area contributed by atoms with Gasteiger partial charge in [-0.05, 0) is 35.9 Å². The van der Waals surface area contributed by atoms with Gasteiger partial charge in [0.15, 0.2) is 0 Å². The number of anilines is 1. The van der Waals surface area contributed by atoms with Gasteiger partial charge in [-0.1, -0.05) is 23.7 Å². The summed E-state index contributed by atoms with van der Waals surface area (Å²) in [4.78, 5) is 15.5.